The predicted octanol–water partition coefficient (Wildman–Crippen LogP) is 7.30. The smallest absolute Gasteiger partial charge is 0.359 e. The summed E-state index contributed by atoms with van der Waals surface area (Å²) < 4.78 is 38.1. The third-order valence-corrected chi connectivity index (χ3v) is 5.62. The topological polar surface area (TPSA) is 80.7 Å². The van der Waals surface area contributed by atoms with Crippen LogP contribution in [0.2, 0.25) is 0 Å². The number of fused-ring (bicyclic) bond motifs is 1. The molecule has 0 saturated heterocycles. The molecule has 0 fully saturated rings. The minimum absolute atomic E-state index is 0.242. The number of anilines is 2. The Labute approximate surface area is 194 Å². The van der Waals surface area contributed by atoms with Gasteiger partial charge >= 0.3 is 12.2 Å². The van der Waals surface area contributed by atoms with E-state index in [2.05, 4.69) is 21.7 Å². The van der Waals surface area contributed by atoms with Crippen molar-refractivity contribution in [3.05, 3.63) is 84.1 Å². The van der Waals surface area contributed by atoms with Crippen LogP contribution in [-0.2, 0) is 11.6 Å². The molecule has 2 amide bonds. The first-order chi connectivity index (χ1) is 16.1. The van der Waals surface area contributed by atoms with Crippen LogP contribution in [0.15, 0.2) is 72.9 Å². The maximum Gasteiger partial charge on any atom is 0.416 e. The van der Waals surface area contributed by atoms with E-state index in [4.69, 9.17) is 0 Å². The van der Waals surface area contributed by atoms with Gasteiger partial charge in [0.05, 0.1) is 22.7 Å². The van der Waals surface area contributed by atoms with Gasteiger partial charge in [-0.3, -0.25) is 0 Å². The van der Waals surface area contributed by atoms with Crippen LogP contribution < -0.4 is 10.6 Å². The van der Waals surface area contributed by atoms with Crippen molar-refractivity contribution in [2.75, 3.05) is 10.6 Å². The molecule has 5 nitrogen and oxygen atoms in total. The first-order valence-electron chi connectivity index (χ1n) is 10.5. The molecule has 0 aliphatic rings. The number of halogens is 3. The monoisotopic (exact) mass is 462 g/mol. The lowest BCUT2D eigenvalue weighted by atomic mass is 9.85. The fraction of sp³-hybridized carbons (Fsp3) is 0.154. The van der Waals surface area contributed by atoms with Gasteiger partial charge in [0.2, 0.25) is 0 Å². The molecular weight excluding hydrogens is 441 g/mol. The number of rotatable bonds is 4. The third kappa shape index (κ3) is 4.74. The van der Waals surface area contributed by atoms with E-state index < -0.39 is 23.2 Å². The third-order valence-electron chi connectivity index (χ3n) is 5.62. The number of aromatic amines is 1. The van der Waals surface area contributed by atoms with Gasteiger partial charge in [0, 0.05) is 22.8 Å². The highest BCUT2D eigenvalue weighted by atomic mass is 19.4. The van der Waals surface area contributed by atoms with Crippen LogP contribution in [0.4, 0.5) is 29.3 Å². The number of urea groups is 1. The number of nitriles is 1. The van der Waals surface area contributed by atoms with Crippen LogP contribution in [-0.4, -0.2) is 11.0 Å². The molecule has 1 heterocycles. The summed E-state index contributed by atoms with van der Waals surface area (Å²) in [5, 5.41) is 15.4. The van der Waals surface area contributed by atoms with Crippen molar-refractivity contribution in [3.8, 4) is 17.2 Å². The van der Waals surface area contributed by atoms with Gasteiger partial charge in [-0.05, 0) is 66.9 Å². The molecule has 0 atom stereocenters. The second-order valence-electron chi connectivity index (χ2n) is 8.43. The zero-order valence-corrected chi connectivity index (χ0v) is 18.4. The number of hydrogen-bond donors (Lipinski definition) is 3. The highest BCUT2D eigenvalue weighted by Crippen LogP contribution is 2.32. The fourth-order valence-corrected chi connectivity index (χ4v) is 3.57. The molecule has 0 aliphatic carbocycles. The van der Waals surface area contributed by atoms with Gasteiger partial charge in [-0.25, -0.2) is 4.79 Å². The molecule has 3 aromatic carbocycles. The van der Waals surface area contributed by atoms with Crippen LogP contribution in [0.25, 0.3) is 22.0 Å². The largest absolute Gasteiger partial charge is 0.416 e. The normalized spacial score (nSPS) is 11.8. The Kier molecular flexibility index (Phi) is 5.80. The Hall–Kier alpha value is -4.25. The summed E-state index contributed by atoms with van der Waals surface area (Å²) in [5.74, 6) is 0. The SMILES string of the molecule is CC(C)(C#N)c1ccc(-c2ccc3[nH]cc(NC(=O)Nc4ccc(C(F)(F)F)cc4)c3c2)cc1. The number of alkyl halides is 3. The zero-order valence-electron chi connectivity index (χ0n) is 18.4. The average Bonchev–Trinajstić information content (AvgIpc) is 3.20. The van der Waals surface area contributed by atoms with Gasteiger partial charge in [-0.1, -0.05) is 30.3 Å². The summed E-state index contributed by atoms with van der Waals surface area (Å²) in [6.07, 6.45) is -2.78. The quantitative estimate of drug-likeness (QED) is 0.297. The number of amides is 2. The lowest BCUT2D eigenvalue weighted by molar-refractivity contribution is -0.137. The first-order valence-corrected chi connectivity index (χ1v) is 10.5. The predicted molar refractivity (Wildman–Crippen MR) is 126 cm³/mol. The van der Waals surface area contributed by atoms with Crippen LogP contribution in [0.1, 0.15) is 25.0 Å². The Balaban J connectivity index is 1.52. The highest BCUT2D eigenvalue weighted by Gasteiger charge is 2.30. The fourth-order valence-electron chi connectivity index (χ4n) is 3.57. The van der Waals surface area contributed by atoms with Crippen molar-refractivity contribution in [3.63, 3.8) is 0 Å². The van der Waals surface area contributed by atoms with Gasteiger partial charge in [0.15, 0.2) is 0 Å². The number of nitrogens with one attached hydrogen (secondary N) is 3. The highest BCUT2D eigenvalue weighted by molar-refractivity contribution is 6.06. The number of hydrogen-bond acceptors (Lipinski definition) is 2. The van der Waals surface area contributed by atoms with Crippen LogP contribution in [0.3, 0.4) is 0 Å². The molecular formula is C26H21F3N4O. The number of aromatic nitrogens is 1. The summed E-state index contributed by atoms with van der Waals surface area (Å²) in [6.45, 7) is 3.73. The summed E-state index contributed by atoms with van der Waals surface area (Å²) in [5.41, 5.74) is 3.03. The van der Waals surface area contributed by atoms with Gasteiger partial charge in [0.1, 0.15) is 0 Å². The van der Waals surface area contributed by atoms with E-state index in [1.54, 1.807) is 6.20 Å². The van der Waals surface area contributed by atoms with Gasteiger partial charge < -0.3 is 15.6 Å². The lowest BCUT2D eigenvalue weighted by Crippen LogP contribution is -2.19. The average molecular weight is 462 g/mol. The van der Waals surface area contributed by atoms with Crippen molar-refractivity contribution in [1.82, 2.24) is 4.98 Å². The van der Waals surface area contributed by atoms with E-state index in [9.17, 15) is 23.2 Å². The first kappa shape index (κ1) is 22.9. The number of carbonyl (C=O) groups is 1. The molecule has 0 aliphatic heterocycles. The van der Waals surface area contributed by atoms with Crippen molar-refractivity contribution in [2.45, 2.75) is 25.4 Å². The molecule has 1 aromatic heterocycles. The Morgan fingerprint density at radius 2 is 1.50 bits per heavy atom. The Bertz CT molecular complexity index is 1380. The standard InChI is InChI=1S/C26H21F3N4O/c1-25(2,15-30)18-6-3-16(4-7-18)17-5-12-22-21(13-17)23(14-31-22)33-24(34)32-20-10-8-19(9-11-20)26(27,28)29/h3-14,31H,1-2H3,(H2,32,33,34). The molecule has 4 aromatic rings. The second-order valence-corrected chi connectivity index (χ2v) is 8.43. The van der Waals surface area contributed by atoms with E-state index in [1.807, 2.05) is 56.3 Å². The molecule has 3 N–H and O–H groups in total. The number of carbonyl (C=O) groups excluding carboxylic acids is 1. The zero-order chi connectivity index (χ0) is 24.5. The van der Waals surface area contributed by atoms with Crippen molar-refractivity contribution < 1.29 is 18.0 Å². The van der Waals surface area contributed by atoms with E-state index in [0.717, 1.165) is 39.7 Å². The number of nitrogens with zero attached hydrogens (tertiary/aromatic N) is 1. The Morgan fingerprint density at radius 1 is 0.882 bits per heavy atom. The molecule has 4 rings (SSSR count). The van der Waals surface area contributed by atoms with Crippen molar-refractivity contribution in [1.29, 1.82) is 5.26 Å². The van der Waals surface area contributed by atoms with Crippen LogP contribution >= 0.6 is 0 Å². The Morgan fingerprint density at radius 3 is 2.12 bits per heavy atom. The van der Waals surface area contributed by atoms with Gasteiger partial charge in [0.25, 0.3) is 0 Å². The van der Waals surface area contributed by atoms with Gasteiger partial charge in [-0.15, -0.1) is 0 Å². The molecule has 0 radical (unpaired) electrons. The van der Waals surface area contributed by atoms with Crippen LogP contribution in [0, 0.1) is 11.3 Å². The van der Waals surface area contributed by atoms with E-state index in [1.165, 1.54) is 12.1 Å². The summed E-state index contributed by atoms with van der Waals surface area (Å²) in [7, 11) is 0. The van der Waals surface area contributed by atoms with E-state index in [0.29, 0.717) is 5.69 Å². The molecule has 0 saturated carbocycles. The van der Waals surface area contributed by atoms with Gasteiger partial charge in [-0.2, -0.15) is 18.4 Å². The summed E-state index contributed by atoms with van der Waals surface area (Å²) >= 11 is 0. The molecule has 0 unspecified atom stereocenters. The maximum atomic E-state index is 12.7. The molecule has 34 heavy (non-hydrogen) atoms. The molecule has 172 valence electrons. The summed E-state index contributed by atoms with van der Waals surface area (Å²) in [6, 6.07) is 19.5. The molecule has 0 spiro atoms. The van der Waals surface area contributed by atoms with E-state index in [-0.39, 0.29) is 5.69 Å². The molecule has 0 bridgehead atoms. The number of H-pyrrole nitrogens is 1. The van der Waals surface area contributed by atoms with Crippen LogP contribution in [0.5, 0.6) is 0 Å². The minimum atomic E-state index is -4.44. The molecule has 8 heteroatoms. The summed E-state index contributed by atoms with van der Waals surface area (Å²) in [4.78, 5) is 15.5. The second kappa shape index (κ2) is 8.60. The minimum Gasteiger partial charge on any atom is -0.359 e. The van der Waals surface area contributed by atoms with Crippen molar-refractivity contribution >= 4 is 28.3 Å². The van der Waals surface area contributed by atoms with E-state index >= 15 is 0 Å². The lowest BCUT2D eigenvalue weighted by Gasteiger charge is -2.16. The van der Waals surface area contributed by atoms with Crippen molar-refractivity contribution in [2.24, 2.45) is 0 Å². The number of benzene rings is 3. The maximum absolute atomic E-state index is 12.7.